The summed E-state index contributed by atoms with van der Waals surface area (Å²) in [5.41, 5.74) is 6.62. The minimum atomic E-state index is 0.00129. The number of H-pyrrole nitrogens is 3. The van der Waals surface area contributed by atoms with E-state index >= 15 is 0 Å². The lowest BCUT2D eigenvalue weighted by molar-refractivity contribution is -0.121. The third kappa shape index (κ3) is 9.17. The van der Waals surface area contributed by atoms with Crippen molar-refractivity contribution in [3.63, 3.8) is 0 Å². The lowest BCUT2D eigenvalue weighted by Gasteiger charge is -2.23. The van der Waals surface area contributed by atoms with E-state index < -0.39 is 0 Å². The second-order valence-corrected chi connectivity index (χ2v) is 12.5. The van der Waals surface area contributed by atoms with Crippen LogP contribution in [-0.4, -0.2) is 76.8 Å². The smallest absolute Gasteiger partial charge is 0.220 e. The molecule has 3 heterocycles. The maximum Gasteiger partial charge on any atom is 0.220 e. The van der Waals surface area contributed by atoms with E-state index in [-0.39, 0.29) is 17.7 Å². The monoisotopic (exact) mass is 659 g/mol. The predicted octanol–water partition coefficient (Wildman–Crippen LogP) is 4.98. The van der Waals surface area contributed by atoms with Crippen LogP contribution in [0.3, 0.4) is 0 Å². The largest absolute Gasteiger partial charge is 0.361 e. The summed E-state index contributed by atoms with van der Waals surface area (Å²) in [6.07, 6.45) is 9.12. The fourth-order valence-electron chi connectivity index (χ4n) is 6.42. The second kappa shape index (κ2) is 16.7. The average Bonchev–Trinajstić information content (AvgIpc) is 3.85. The number of carbonyl (C=O) groups is 3. The molecular formula is C39H45N7O3. The Labute approximate surface area is 286 Å². The number of fused-ring (bicyclic) bond motifs is 3. The van der Waals surface area contributed by atoms with E-state index in [1.165, 1.54) is 0 Å². The highest BCUT2D eigenvalue weighted by Gasteiger charge is 2.12. The minimum Gasteiger partial charge on any atom is -0.361 e. The third-order valence-electron chi connectivity index (χ3n) is 9.14. The van der Waals surface area contributed by atoms with Crippen LogP contribution in [0.4, 0.5) is 0 Å². The fourth-order valence-corrected chi connectivity index (χ4v) is 6.42. The van der Waals surface area contributed by atoms with Gasteiger partial charge in [-0.05, 0) is 54.2 Å². The summed E-state index contributed by atoms with van der Waals surface area (Å²) in [6.45, 7) is 3.26. The van der Waals surface area contributed by atoms with Gasteiger partial charge in [0.05, 0.1) is 0 Å². The van der Waals surface area contributed by atoms with Gasteiger partial charge < -0.3 is 30.9 Å². The summed E-state index contributed by atoms with van der Waals surface area (Å²) in [5.74, 6) is 0.00388. The van der Waals surface area contributed by atoms with Crippen molar-refractivity contribution in [2.24, 2.45) is 0 Å². The molecule has 6 aromatic rings. The van der Waals surface area contributed by atoms with Crippen LogP contribution in [0, 0.1) is 0 Å². The Morgan fingerprint density at radius 3 is 1.10 bits per heavy atom. The van der Waals surface area contributed by atoms with Gasteiger partial charge in [0.15, 0.2) is 0 Å². The van der Waals surface area contributed by atoms with Crippen LogP contribution in [0.25, 0.3) is 32.7 Å². The van der Waals surface area contributed by atoms with Gasteiger partial charge >= 0.3 is 0 Å². The molecule has 0 saturated heterocycles. The Morgan fingerprint density at radius 2 is 0.776 bits per heavy atom. The van der Waals surface area contributed by atoms with Crippen molar-refractivity contribution in [2.45, 2.75) is 38.5 Å². The molecule has 6 N–H and O–H groups in total. The zero-order valence-electron chi connectivity index (χ0n) is 27.8. The summed E-state index contributed by atoms with van der Waals surface area (Å²) >= 11 is 0. The third-order valence-corrected chi connectivity index (χ3v) is 9.14. The van der Waals surface area contributed by atoms with Crippen LogP contribution >= 0.6 is 0 Å². The maximum absolute atomic E-state index is 12.7. The van der Waals surface area contributed by atoms with E-state index in [1.807, 2.05) is 73.2 Å². The SMILES string of the molecule is O=C(CCc1c[nH]c2ccccc12)NCCN(CCNC(=O)CCc1c[nH]c2ccccc12)CCNC(=O)CCc1c[nH]c2ccccc12. The van der Waals surface area contributed by atoms with Gasteiger partial charge in [-0.15, -0.1) is 0 Å². The van der Waals surface area contributed by atoms with E-state index in [9.17, 15) is 14.4 Å². The number of rotatable bonds is 18. The first-order valence-electron chi connectivity index (χ1n) is 17.2. The van der Waals surface area contributed by atoms with Gasteiger partial charge in [-0.1, -0.05) is 54.6 Å². The standard InChI is InChI=1S/C39H45N7O3/c47-37(16-13-28-25-43-34-10-4-1-7-31(28)34)40-19-22-46(23-20-41-38(48)17-14-29-26-44-35-11-5-2-8-32(29)35)24-21-42-39(49)18-15-30-27-45-36-12-6-3-9-33(30)36/h1-12,25-27,43-45H,13-24H2,(H,40,47)(H,41,48)(H,42,49). The van der Waals surface area contributed by atoms with Crippen LogP contribution in [0.15, 0.2) is 91.4 Å². The van der Waals surface area contributed by atoms with E-state index in [1.54, 1.807) is 0 Å². The van der Waals surface area contributed by atoms with E-state index in [2.05, 4.69) is 54.0 Å². The highest BCUT2D eigenvalue weighted by molar-refractivity contribution is 5.86. The number of hydrogen-bond acceptors (Lipinski definition) is 4. The first-order chi connectivity index (χ1) is 24.0. The highest BCUT2D eigenvalue weighted by atomic mass is 16.2. The summed E-state index contributed by atoms with van der Waals surface area (Å²) in [4.78, 5) is 50.1. The second-order valence-electron chi connectivity index (χ2n) is 12.5. The van der Waals surface area contributed by atoms with E-state index in [4.69, 9.17) is 0 Å². The molecule has 0 bridgehead atoms. The molecule has 0 aliphatic carbocycles. The van der Waals surface area contributed by atoms with Crippen LogP contribution < -0.4 is 16.0 Å². The lowest BCUT2D eigenvalue weighted by Crippen LogP contribution is -2.43. The normalized spacial score (nSPS) is 11.4. The number of nitrogens with zero attached hydrogens (tertiary/aromatic N) is 1. The summed E-state index contributed by atoms with van der Waals surface area (Å²) < 4.78 is 0. The number of aromatic nitrogens is 3. The quantitative estimate of drug-likeness (QED) is 0.0776. The number of carbonyl (C=O) groups excluding carboxylic acids is 3. The molecule has 0 atom stereocenters. The molecule has 6 rings (SSSR count). The molecule has 0 unspecified atom stereocenters. The molecule has 0 aliphatic rings. The van der Waals surface area contributed by atoms with Gasteiger partial charge in [0.1, 0.15) is 0 Å². The molecule has 0 aliphatic heterocycles. The van der Waals surface area contributed by atoms with Crippen molar-refractivity contribution in [3.8, 4) is 0 Å². The van der Waals surface area contributed by atoms with Crippen molar-refractivity contribution in [1.82, 2.24) is 35.8 Å². The molecule has 254 valence electrons. The molecule has 10 nitrogen and oxygen atoms in total. The number of benzene rings is 3. The van der Waals surface area contributed by atoms with Crippen LogP contribution in [0.1, 0.15) is 36.0 Å². The van der Waals surface area contributed by atoms with Gasteiger partial charge in [0.25, 0.3) is 0 Å². The molecule has 0 radical (unpaired) electrons. The number of aromatic amines is 3. The van der Waals surface area contributed by atoms with Crippen LogP contribution in [0.2, 0.25) is 0 Å². The van der Waals surface area contributed by atoms with Crippen molar-refractivity contribution < 1.29 is 14.4 Å². The summed E-state index contributed by atoms with van der Waals surface area (Å²) in [5, 5.41) is 12.6. The summed E-state index contributed by atoms with van der Waals surface area (Å²) in [6, 6.07) is 24.3. The zero-order chi connectivity index (χ0) is 33.8. The van der Waals surface area contributed by atoms with Gasteiger partial charge in [-0.3, -0.25) is 19.3 Å². The topological polar surface area (TPSA) is 138 Å². The first-order valence-corrected chi connectivity index (χ1v) is 17.2. The average molecular weight is 660 g/mol. The van der Waals surface area contributed by atoms with Crippen molar-refractivity contribution in [1.29, 1.82) is 0 Å². The molecule has 49 heavy (non-hydrogen) atoms. The minimum absolute atomic E-state index is 0.00129. The number of para-hydroxylation sites is 3. The van der Waals surface area contributed by atoms with Crippen molar-refractivity contribution >= 4 is 50.4 Å². The number of hydrogen-bond donors (Lipinski definition) is 6. The highest BCUT2D eigenvalue weighted by Crippen LogP contribution is 2.21. The molecule has 0 spiro atoms. The Kier molecular flexibility index (Phi) is 11.4. The molecule has 0 fully saturated rings. The molecule has 3 aromatic heterocycles. The lowest BCUT2D eigenvalue weighted by atomic mass is 10.1. The van der Waals surface area contributed by atoms with Gasteiger partial charge in [0.2, 0.25) is 17.7 Å². The molecular weight excluding hydrogens is 614 g/mol. The maximum atomic E-state index is 12.7. The Hall–Kier alpha value is -5.35. The Morgan fingerprint density at radius 1 is 0.469 bits per heavy atom. The van der Waals surface area contributed by atoms with Crippen molar-refractivity contribution in [3.05, 3.63) is 108 Å². The molecule has 3 amide bonds. The Balaban J connectivity index is 0.944. The van der Waals surface area contributed by atoms with Crippen molar-refractivity contribution in [2.75, 3.05) is 39.3 Å². The number of aryl methyl sites for hydroxylation is 3. The van der Waals surface area contributed by atoms with Gasteiger partial charge in [-0.2, -0.15) is 0 Å². The summed E-state index contributed by atoms with van der Waals surface area (Å²) in [7, 11) is 0. The zero-order valence-corrected chi connectivity index (χ0v) is 27.8. The van der Waals surface area contributed by atoms with E-state index in [0.717, 1.165) is 49.4 Å². The van der Waals surface area contributed by atoms with Gasteiger partial charge in [0, 0.05) is 110 Å². The Bertz CT molecular complexity index is 1780. The number of amides is 3. The van der Waals surface area contributed by atoms with E-state index in [0.29, 0.717) is 77.8 Å². The molecule has 10 heteroatoms. The predicted molar refractivity (Wildman–Crippen MR) is 195 cm³/mol. The molecule has 3 aromatic carbocycles. The van der Waals surface area contributed by atoms with Gasteiger partial charge in [-0.25, -0.2) is 0 Å². The molecule has 0 saturated carbocycles. The first kappa shape index (κ1) is 33.5. The fraction of sp³-hybridized carbons (Fsp3) is 0.308. The van der Waals surface area contributed by atoms with Crippen LogP contribution in [-0.2, 0) is 33.6 Å². The number of nitrogens with one attached hydrogen (secondary N) is 6. The van der Waals surface area contributed by atoms with Crippen LogP contribution in [0.5, 0.6) is 0 Å².